The smallest absolute Gasteiger partial charge is 0.427 e. The second-order valence-corrected chi connectivity index (χ2v) is 7.98. The highest BCUT2D eigenvalue weighted by atomic mass is 127. The lowest BCUT2D eigenvalue weighted by molar-refractivity contribution is -0.261. The minimum Gasteiger partial charge on any atom is -0.427 e. The Morgan fingerprint density at radius 3 is 2.52 bits per heavy atom. The summed E-state index contributed by atoms with van der Waals surface area (Å²) < 4.78 is 53.8. The number of hydrogen-bond donors (Lipinski definition) is 2. The van der Waals surface area contributed by atoms with Gasteiger partial charge in [-0.2, -0.15) is 27.3 Å². The van der Waals surface area contributed by atoms with Gasteiger partial charge in [-0.1, -0.05) is 11.6 Å². The third-order valence-corrected chi connectivity index (χ3v) is 4.70. The molecule has 33 heavy (non-hydrogen) atoms. The lowest BCUT2D eigenvalue weighted by Gasteiger charge is -2.22. The minimum absolute atomic E-state index is 0.0779. The van der Waals surface area contributed by atoms with Gasteiger partial charge in [-0.25, -0.2) is 15.0 Å². The Bertz CT molecular complexity index is 1210. The van der Waals surface area contributed by atoms with Gasteiger partial charge in [-0.3, -0.25) is 9.59 Å². The molecule has 0 aliphatic rings. The normalized spacial score (nSPS) is 11.8. The summed E-state index contributed by atoms with van der Waals surface area (Å²) in [6, 6.07) is 4.06. The number of rotatable bonds is 8. The third-order valence-electron chi connectivity index (χ3n) is 3.86. The SMILES string of the molecule is NC(=O)c1cc(-n2ncnc2CNC(=O)c2cc(Cl)cc(OC(F)(F)C(F)(F)I)c2)ncn1. The van der Waals surface area contributed by atoms with Crippen LogP contribution in [-0.2, 0) is 6.54 Å². The van der Waals surface area contributed by atoms with Crippen molar-refractivity contribution in [1.29, 1.82) is 0 Å². The van der Waals surface area contributed by atoms with Crippen molar-refractivity contribution in [3.8, 4) is 11.6 Å². The molecule has 3 aromatic rings. The number of aromatic nitrogens is 5. The molecule has 3 rings (SSSR count). The van der Waals surface area contributed by atoms with Crippen molar-refractivity contribution in [2.45, 2.75) is 16.6 Å². The first-order valence-electron chi connectivity index (χ1n) is 8.61. The number of halogens is 6. The molecule has 174 valence electrons. The van der Waals surface area contributed by atoms with E-state index in [1.54, 1.807) is 0 Å². The number of nitrogens with two attached hydrogens (primary N) is 1. The van der Waals surface area contributed by atoms with E-state index < -0.39 is 27.6 Å². The summed E-state index contributed by atoms with van der Waals surface area (Å²) >= 11 is 6.05. The molecule has 0 unspecified atom stereocenters. The van der Waals surface area contributed by atoms with E-state index in [0.29, 0.717) is 0 Å². The van der Waals surface area contributed by atoms with Crippen LogP contribution in [0, 0.1) is 0 Å². The van der Waals surface area contributed by atoms with Gasteiger partial charge >= 0.3 is 10.0 Å². The summed E-state index contributed by atoms with van der Waals surface area (Å²) in [7, 11) is 0. The Balaban J connectivity index is 1.77. The highest BCUT2D eigenvalue weighted by molar-refractivity contribution is 14.1. The summed E-state index contributed by atoms with van der Waals surface area (Å²) in [5.41, 5.74) is 4.86. The molecule has 0 atom stereocenters. The van der Waals surface area contributed by atoms with Gasteiger partial charge in [0.15, 0.2) is 11.6 Å². The van der Waals surface area contributed by atoms with Crippen molar-refractivity contribution < 1.29 is 31.9 Å². The van der Waals surface area contributed by atoms with Crippen LogP contribution in [0.5, 0.6) is 5.75 Å². The van der Waals surface area contributed by atoms with Gasteiger partial charge in [0.1, 0.15) is 24.1 Å². The molecule has 2 heterocycles. The number of hydrogen-bond acceptors (Lipinski definition) is 7. The van der Waals surface area contributed by atoms with Crippen LogP contribution in [0.25, 0.3) is 5.82 Å². The first-order chi connectivity index (χ1) is 15.4. The number of amides is 2. The number of carbonyl (C=O) groups excluding carboxylic acids is 2. The fraction of sp³-hybridized carbons (Fsp3) is 0.176. The lowest BCUT2D eigenvalue weighted by Crippen LogP contribution is -2.40. The van der Waals surface area contributed by atoms with E-state index in [0.717, 1.165) is 30.9 Å². The van der Waals surface area contributed by atoms with Crippen LogP contribution < -0.4 is 15.8 Å². The van der Waals surface area contributed by atoms with Crippen LogP contribution in [0.3, 0.4) is 0 Å². The van der Waals surface area contributed by atoms with Gasteiger partial charge in [0.25, 0.3) is 11.8 Å². The van der Waals surface area contributed by atoms with Crippen LogP contribution in [-0.4, -0.2) is 46.6 Å². The maximum absolute atomic E-state index is 13.5. The van der Waals surface area contributed by atoms with Crippen LogP contribution in [0.4, 0.5) is 17.6 Å². The van der Waals surface area contributed by atoms with Gasteiger partial charge in [0.05, 0.1) is 6.54 Å². The highest BCUT2D eigenvalue weighted by Gasteiger charge is 2.57. The van der Waals surface area contributed by atoms with Crippen molar-refractivity contribution in [2.24, 2.45) is 5.73 Å². The Hall–Kier alpha value is -3.08. The molecular weight excluding hydrogens is 589 g/mol. The molecule has 0 saturated carbocycles. The molecule has 10 nitrogen and oxygen atoms in total. The standard InChI is InChI=1S/C17H11ClF4IN7O3/c18-9-1-8(2-10(3-9)33-17(21,22)16(19,20)23)15(32)25-5-13-28-7-29-30(13)12-4-11(14(24)31)26-6-27-12/h1-4,6-7H,5H2,(H2,24,31)(H,25,32). The minimum atomic E-state index is -4.84. The number of ether oxygens (including phenoxy) is 1. The topological polar surface area (TPSA) is 138 Å². The maximum atomic E-state index is 13.5. The fourth-order valence-corrected chi connectivity index (χ4v) is 2.73. The highest BCUT2D eigenvalue weighted by Crippen LogP contribution is 2.41. The van der Waals surface area contributed by atoms with Crippen molar-refractivity contribution in [2.75, 3.05) is 0 Å². The van der Waals surface area contributed by atoms with E-state index in [1.165, 1.54) is 10.7 Å². The number of primary amides is 1. The Morgan fingerprint density at radius 1 is 1.12 bits per heavy atom. The van der Waals surface area contributed by atoms with E-state index in [1.807, 2.05) is 0 Å². The first kappa shape index (κ1) is 24.6. The summed E-state index contributed by atoms with van der Waals surface area (Å²) in [6.45, 7) is -0.223. The van der Waals surface area contributed by atoms with Gasteiger partial charge in [0.2, 0.25) is 0 Å². The molecule has 0 radical (unpaired) electrons. The zero-order chi connectivity index (χ0) is 24.4. The molecule has 1 aromatic carbocycles. The summed E-state index contributed by atoms with van der Waals surface area (Å²) in [4.78, 5) is 35.4. The number of alkyl halides is 5. The molecule has 3 N–H and O–H groups in total. The molecule has 0 aliphatic carbocycles. The Morgan fingerprint density at radius 2 is 1.85 bits per heavy atom. The van der Waals surface area contributed by atoms with E-state index in [9.17, 15) is 27.2 Å². The molecule has 0 saturated heterocycles. The maximum Gasteiger partial charge on any atom is 0.474 e. The van der Waals surface area contributed by atoms with Crippen molar-refractivity contribution in [3.05, 3.63) is 59.0 Å². The molecule has 2 aromatic heterocycles. The zero-order valence-corrected chi connectivity index (χ0v) is 18.9. The average Bonchev–Trinajstić information content (AvgIpc) is 3.19. The van der Waals surface area contributed by atoms with Crippen LogP contribution >= 0.6 is 34.2 Å². The van der Waals surface area contributed by atoms with E-state index in [2.05, 4.69) is 30.1 Å². The van der Waals surface area contributed by atoms with Gasteiger partial charge in [-0.15, -0.1) is 0 Å². The molecule has 0 bridgehead atoms. The summed E-state index contributed by atoms with van der Waals surface area (Å²) in [6.07, 6.45) is -2.60. The molecule has 0 spiro atoms. The van der Waals surface area contributed by atoms with Gasteiger partial charge in [0, 0.05) is 39.2 Å². The molecule has 0 fully saturated rings. The second-order valence-electron chi connectivity index (χ2n) is 6.19. The fourth-order valence-electron chi connectivity index (χ4n) is 2.39. The molecule has 2 amide bonds. The van der Waals surface area contributed by atoms with Gasteiger partial charge in [-0.05, 0) is 18.2 Å². The molecule has 16 heteroatoms. The summed E-state index contributed by atoms with van der Waals surface area (Å²) in [5.74, 6) is -2.02. The zero-order valence-electron chi connectivity index (χ0n) is 16.0. The average molecular weight is 600 g/mol. The largest absolute Gasteiger partial charge is 0.474 e. The monoisotopic (exact) mass is 599 g/mol. The third kappa shape index (κ3) is 5.84. The Labute approximate surface area is 200 Å². The molecule has 0 aliphatic heterocycles. The van der Waals surface area contributed by atoms with Crippen molar-refractivity contribution in [1.82, 2.24) is 30.0 Å². The number of nitrogens with zero attached hydrogens (tertiary/aromatic N) is 5. The van der Waals surface area contributed by atoms with Crippen LogP contribution in [0.2, 0.25) is 5.02 Å². The van der Waals surface area contributed by atoms with Crippen LogP contribution in [0.1, 0.15) is 26.7 Å². The summed E-state index contributed by atoms with van der Waals surface area (Å²) in [5, 5.41) is 6.19. The van der Waals surface area contributed by atoms with Crippen molar-refractivity contribution >= 4 is 46.0 Å². The van der Waals surface area contributed by atoms with Crippen LogP contribution in [0.15, 0.2) is 36.9 Å². The second kappa shape index (κ2) is 9.42. The van der Waals surface area contributed by atoms with E-state index >= 15 is 0 Å². The predicted octanol–water partition coefficient (Wildman–Crippen LogP) is 2.74. The van der Waals surface area contributed by atoms with Gasteiger partial charge < -0.3 is 15.8 Å². The lowest BCUT2D eigenvalue weighted by atomic mass is 10.2. The van der Waals surface area contributed by atoms with E-state index in [4.69, 9.17) is 17.3 Å². The first-order valence-corrected chi connectivity index (χ1v) is 10.1. The Kier molecular flexibility index (Phi) is 7.01. The quantitative estimate of drug-likeness (QED) is 0.231. The number of benzene rings is 1. The number of nitrogens with one attached hydrogen (secondary N) is 1. The predicted molar refractivity (Wildman–Crippen MR) is 113 cm³/mol. The molecular formula is C17H11ClF4IN7O3. The number of carbonyl (C=O) groups is 2. The van der Waals surface area contributed by atoms with E-state index in [-0.39, 0.29) is 57.1 Å². The van der Waals surface area contributed by atoms with Crippen molar-refractivity contribution in [3.63, 3.8) is 0 Å².